The molecule has 2 fully saturated rings. The summed E-state index contributed by atoms with van der Waals surface area (Å²) in [5.74, 6) is 0.803. The third kappa shape index (κ3) is 3.61. The SMILES string of the molecule is COCC(NC(=O)[C@@H]1CCCN1)C1CC1.Cl. The Kier molecular flexibility index (Phi) is 5.52. The normalized spacial score (nSPS) is 25.9. The quantitative estimate of drug-likeness (QED) is 0.753. The van der Waals surface area contributed by atoms with Crippen molar-refractivity contribution in [1.29, 1.82) is 0 Å². The van der Waals surface area contributed by atoms with Crippen LogP contribution in [0, 0.1) is 5.92 Å². The number of hydrogen-bond donors (Lipinski definition) is 2. The lowest BCUT2D eigenvalue weighted by Gasteiger charge is -2.19. The Balaban J connectivity index is 0.00000128. The number of carbonyl (C=O) groups is 1. The first-order valence-electron chi connectivity index (χ1n) is 5.84. The van der Waals surface area contributed by atoms with Crippen LogP contribution < -0.4 is 10.6 Å². The number of amides is 1. The molecule has 94 valence electrons. The van der Waals surface area contributed by atoms with E-state index in [0.717, 1.165) is 19.4 Å². The summed E-state index contributed by atoms with van der Waals surface area (Å²) in [6, 6.07) is 0.257. The molecule has 0 bridgehead atoms. The average molecular weight is 249 g/mol. The van der Waals surface area contributed by atoms with Gasteiger partial charge in [-0.3, -0.25) is 4.79 Å². The zero-order valence-corrected chi connectivity index (χ0v) is 10.5. The predicted molar refractivity (Wildman–Crippen MR) is 64.8 cm³/mol. The number of halogens is 1. The minimum atomic E-state index is 0. The summed E-state index contributed by atoms with van der Waals surface area (Å²) in [6.07, 6.45) is 4.53. The van der Waals surface area contributed by atoms with Crippen LogP contribution in [0.1, 0.15) is 25.7 Å². The van der Waals surface area contributed by atoms with Gasteiger partial charge < -0.3 is 15.4 Å². The minimum Gasteiger partial charge on any atom is -0.383 e. The van der Waals surface area contributed by atoms with Crippen LogP contribution in [0.3, 0.4) is 0 Å². The van der Waals surface area contributed by atoms with Gasteiger partial charge in [-0.15, -0.1) is 12.4 Å². The van der Waals surface area contributed by atoms with Crippen molar-refractivity contribution < 1.29 is 9.53 Å². The summed E-state index contributed by atoms with van der Waals surface area (Å²) in [4.78, 5) is 11.8. The molecule has 5 heteroatoms. The molecule has 1 unspecified atom stereocenters. The van der Waals surface area contributed by atoms with E-state index in [1.807, 2.05) is 0 Å². The fourth-order valence-electron chi connectivity index (χ4n) is 2.17. The molecule has 1 saturated heterocycles. The number of nitrogens with one attached hydrogen (secondary N) is 2. The summed E-state index contributed by atoms with van der Waals surface area (Å²) < 4.78 is 5.13. The predicted octanol–water partition coefficient (Wildman–Crippen LogP) is 0.701. The standard InChI is InChI=1S/C11H20N2O2.ClH/c1-15-7-10(8-4-5-8)13-11(14)9-3-2-6-12-9;/h8-10,12H,2-7H2,1H3,(H,13,14);1H/t9-,10?;/m0./s1. The highest BCUT2D eigenvalue weighted by Gasteiger charge is 2.34. The van der Waals surface area contributed by atoms with Crippen LogP contribution in [0.2, 0.25) is 0 Å². The van der Waals surface area contributed by atoms with Gasteiger partial charge in [0.15, 0.2) is 0 Å². The molecule has 0 aromatic heterocycles. The number of carbonyl (C=O) groups excluding carboxylic acids is 1. The van der Waals surface area contributed by atoms with Gasteiger partial charge in [-0.05, 0) is 38.1 Å². The summed E-state index contributed by atoms with van der Waals surface area (Å²) in [5.41, 5.74) is 0. The van der Waals surface area contributed by atoms with E-state index in [-0.39, 0.29) is 30.4 Å². The summed E-state index contributed by atoms with van der Waals surface area (Å²) >= 11 is 0. The van der Waals surface area contributed by atoms with Crippen molar-refractivity contribution in [2.24, 2.45) is 5.92 Å². The van der Waals surface area contributed by atoms with E-state index in [1.54, 1.807) is 7.11 Å². The van der Waals surface area contributed by atoms with Crippen LogP contribution in [0.5, 0.6) is 0 Å². The van der Waals surface area contributed by atoms with Crippen LogP contribution in [0.4, 0.5) is 0 Å². The van der Waals surface area contributed by atoms with E-state index >= 15 is 0 Å². The highest BCUT2D eigenvalue weighted by molar-refractivity contribution is 5.85. The largest absolute Gasteiger partial charge is 0.383 e. The van der Waals surface area contributed by atoms with Gasteiger partial charge in [-0.1, -0.05) is 0 Å². The molecule has 0 spiro atoms. The van der Waals surface area contributed by atoms with E-state index < -0.39 is 0 Å². The second-order valence-electron chi connectivity index (χ2n) is 4.56. The van der Waals surface area contributed by atoms with Crippen molar-refractivity contribution in [2.45, 2.75) is 37.8 Å². The molecule has 2 atom stereocenters. The second kappa shape index (κ2) is 6.42. The smallest absolute Gasteiger partial charge is 0.237 e. The van der Waals surface area contributed by atoms with Gasteiger partial charge in [0.1, 0.15) is 0 Å². The molecule has 2 N–H and O–H groups in total. The molecular formula is C11H21ClN2O2. The summed E-state index contributed by atoms with van der Waals surface area (Å²) in [6.45, 7) is 1.61. The van der Waals surface area contributed by atoms with Crippen molar-refractivity contribution in [3.05, 3.63) is 0 Å². The number of ether oxygens (including phenoxy) is 1. The summed E-state index contributed by atoms with van der Waals surface area (Å²) in [5, 5.41) is 6.31. The summed E-state index contributed by atoms with van der Waals surface area (Å²) in [7, 11) is 1.69. The number of rotatable bonds is 5. The van der Waals surface area contributed by atoms with E-state index in [0.29, 0.717) is 12.5 Å². The third-order valence-corrected chi connectivity index (χ3v) is 3.24. The molecule has 2 aliphatic rings. The Morgan fingerprint density at radius 1 is 1.50 bits per heavy atom. The van der Waals surface area contributed by atoms with Crippen molar-refractivity contribution >= 4 is 18.3 Å². The highest BCUT2D eigenvalue weighted by atomic mass is 35.5. The van der Waals surface area contributed by atoms with Crippen LogP contribution in [0.15, 0.2) is 0 Å². The molecule has 1 aliphatic carbocycles. The first-order chi connectivity index (χ1) is 7.31. The molecule has 1 saturated carbocycles. The molecule has 1 amide bonds. The monoisotopic (exact) mass is 248 g/mol. The lowest BCUT2D eigenvalue weighted by molar-refractivity contribution is -0.124. The Hall–Kier alpha value is -0.320. The maximum atomic E-state index is 11.8. The molecule has 2 rings (SSSR count). The van der Waals surface area contributed by atoms with E-state index in [2.05, 4.69) is 10.6 Å². The zero-order valence-electron chi connectivity index (χ0n) is 9.70. The Morgan fingerprint density at radius 2 is 2.25 bits per heavy atom. The Bertz CT molecular complexity index is 228. The molecule has 0 aromatic carbocycles. The number of hydrogen-bond acceptors (Lipinski definition) is 3. The van der Waals surface area contributed by atoms with Crippen LogP contribution >= 0.6 is 12.4 Å². The van der Waals surface area contributed by atoms with E-state index in [9.17, 15) is 4.79 Å². The number of methoxy groups -OCH3 is 1. The van der Waals surface area contributed by atoms with Gasteiger partial charge in [0.25, 0.3) is 0 Å². The van der Waals surface area contributed by atoms with E-state index in [1.165, 1.54) is 12.8 Å². The first kappa shape index (κ1) is 13.7. The fraction of sp³-hybridized carbons (Fsp3) is 0.909. The van der Waals surface area contributed by atoms with Gasteiger partial charge in [0.2, 0.25) is 5.91 Å². The van der Waals surface area contributed by atoms with Gasteiger partial charge in [-0.25, -0.2) is 0 Å². The molecule has 16 heavy (non-hydrogen) atoms. The second-order valence-corrected chi connectivity index (χ2v) is 4.56. The Morgan fingerprint density at radius 3 is 2.75 bits per heavy atom. The lowest BCUT2D eigenvalue weighted by atomic mass is 10.1. The van der Waals surface area contributed by atoms with Crippen molar-refractivity contribution in [3.63, 3.8) is 0 Å². The lowest BCUT2D eigenvalue weighted by Crippen LogP contribution is -2.47. The molecule has 4 nitrogen and oxygen atoms in total. The Labute approximate surface area is 103 Å². The van der Waals surface area contributed by atoms with Gasteiger partial charge in [-0.2, -0.15) is 0 Å². The van der Waals surface area contributed by atoms with Crippen molar-refractivity contribution in [3.8, 4) is 0 Å². The molecule has 1 heterocycles. The fourth-order valence-corrected chi connectivity index (χ4v) is 2.17. The maximum absolute atomic E-state index is 11.8. The van der Waals surface area contributed by atoms with Crippen LogP contribution in [0.25, 0.3) is 0 Å². The topological polar surface area (TPSA) is 50.4 Å². The molecular weight excluding hydrogens is 228 g/mol. The molecule has 0 radical (unpaired) electrons. The zero-order chi connectivity index (χ0) is 10.7. The minimum absolute atomic E-state index is 0. The van der Waals surface area contributed by atoms with Gasteiger partial charge >= 0.3 is 0 Å². The molecule has 1 aliphatic heterocycles. The van der Waals surface area contributed by atoms with Crippen LogP contribution in [-0.2, 0) is 9.53 Å². The third-order valence-electron chi connectivity index (χ3n) is 3.24. The highest BCUT2D eigenvalue weighted by Crippen LogP contribution is 2.32. The van der Waals surface area contributed by atoms with Gasteiger partial charge in [0.05, 0.1) is 18.7 Å². The van der Waals surface area contributed by atoms with Crippen molar-refractivity contribution in [2.75, 3.05) is 20.3 Å². The molecule has 0 aromatic rings. The van der Waals surface area contributed by atoms with Crippen LogP contribution in [-0.4, -0.2) is 38.3 Å². The van der Waals surface area contributed by atoms with Crippen molar-refractivity contribution in [1.82, 2.24) is 10.6 Å². The average Bonchev–Trinajstić information content (AvgIpc) is 2.92. The maximum Gasteiger partial charge on any atom is 0.237 e. The first-order valence-corrected chi connectivity index (χ1v) is 5.84. The van der Waals surface area contributed by atoms with E-state index in [4.69, 9.17) is 4.74 Å². The van der Waals surface area contributed by atoms with Gasteiger partial charge in [0, 0.05) is 7.11 Å².